The van der Waals surface area contributed by atoms with Crippen LogP contribution in [0, 0.1) is 6.92 Å². The highest BCUT2D eigenvalue weighted by Crippen LogP contribution is 2.21. The van der Waals surface area contributed by atoms with Crippen molar-refractivity contribution in [3.8, 4) is 5.75 Å². The van der Waals surface area contributed by atoms with Gasteiger partial charge in [-0.1, -0.05) is 0 Å². The van der Waals surface area contributed by atoms with E-state index in [1.165, 1.54) is 0 Å². The van der Waals surface area contributed by atoms with E-state index in [1.54, 1.807) is 42.5 Å². The summed E-state index contributed by atoms with van der Waals surface area (Å²) in [5, 5.41) is 0. The predicted molar refractivity (Wildman–Crippen MR) is 71.4 cm³/mol. The van der Waals surface area contributed by atoms with Crippen molar-refractivity contribution in [2.45, 2.75) is 6.92 Å². The number of nitrogens with two attached hydrogens (primary N) is 2. The number of carbonyl (C=O) groups is 1. The van der Waals surface area contributed by atoms with E-state index in [4.69, 9.17) is 16.2 Å². The molecule has 0 unspecified atom stereocenters. The van der Waals surface area contributed by atoms with Gasteiger partial charge in [-0.25, -0.2) is 4.79 Å². The number of nitrogen functional groups attached to an aromatic ring is 2. The Bertz CT molecular complexity index is 577. The van der Waals surface area contributed by atoms with Crippen molar-refractivity contribution in [1.82, 2.24) is 0 Å². The molecule has 0 bridgehead atoms. The third-order valence-electron chi connectivity index (χ3n) is 2.55. The van der Waals surface area contributed by atoms with Crippen molar-refractivity contribution >= 4 is 17.3 Å². The molecule has 0 amide bonds. The lowest BCUT2D eigenvalue weighted by molar-refractivity contribution is 0.0733. The second kappa shape index (κ2) is 4.79. The van der Waals surface area contributed by atoms with Gasteiger partial charge >= 0.3 is 5.97 Å². The van der Waals surface area contributed by atoms with Crippen LogP contribution in [0.15, 0.2) is 42.5 Å². The van der Waals surface area contributed by atoms with E-state index in [0.29, 0.717) is 22.7 Å². The van der Waals surface area contributed by atoms with Crippen LogP contribution in [-0.2, 0) is 0 Å². The maximum Gasteiger partial charge on any atom is 0.343 e. The number of hydrogen-bond acceptors (Lipinski definition) is 4. The van der Waals surface area contributed by atoms with E-state index in [-0.39, 0.29) is 0 Å². The molecule has 0 radical (unpaired) electrons. The third kappa shape index (κ3) is 2.60. The van der Waals surface area contributed by atoms with Crippen LogP contribution in [-0.4, -0.2) is 5.97 Å². The van der Waals surface area contributed by atoms with E-state index in [0.717, 1.165) is 5.56 Å². The predicted octanol–water partition coefficient (Wildman–Crippen LogP) is 2.38. The van der Waals surface area contributed by atoms with Gasteiger partial charge in [0.2, 0.25) is 0 Å². The lowest BCUT2D eigenvalue weighted by Gasteiger charge is -2.08. The van der Waals surface area contributed by atoms with E-state index in [2.05, 4.69) is 0 Å². The first kappa shape index (κ1) is 12.0. The Morgan fingerprint density at radius 1 is 1.00 bits per heavy atom. The molecule has 0 heterocycles. The molecule has 0 aliphatic carbocycles. The molecular formula is C14H14N2O2. The van der Waals surface area contributed by atoms with Crippen molar-refractivity contribution in [2.24, 2.45) is 0 Å². The van der Waals surface area contributed by atoms with Gasteiger partial charge in [0.1, 0.15) is 5.75 Å². The zero-order valence-electron chi connectivity index (χ0n) is 10.0. The molecule has 0 fully saturated rings. The van der Waals surface area contributed by atoms with E-state index < -0.39 is 5.97 Å². The monoisotopic (exact) mass is 242 g/mol. The number of anilines is 2. The average Bonchev–Trinajstić information content (AvgIpc) is 2.33. The number of esters is 1. The Labute approximate surface area is 105 Å². The summed E-state index contributed by atoms with van der Waals surface area (Å²) in [5.41, 5.74) is 13.7. The van der Waals surface area contributed by atoms with Gasteiger partial charge in [-0.05, 0) is 55.0 Å². The Morgan fingerprint density at radius 3 is 2.22 bits per heavy atom. The summed E-state index contributed by atoms with van der Waals surface area (Å²) in [4.78, 5) is 11.9. The largest absolute Gasteiger partial charge is 0.423 e. The average molecular weight is 242 g/mol. The van der Waals surface area contributed by atoms with Crippen LogP contribution in [0.4, 0.5) is 11.4 Å². The van der Waals surface area contributed by atoms with Gasteiger partial charge in [0.15, 0.2) is 0 Å². The standard InChI is InChI=1S/C14H14N2O2/c1-9-8-12(16)6-7-13(9)18-14(17)10-2-4-11(15)5-3-10/h2-8H,15-16H2,1H3. The Morgan fingerprint density at radius 2 is 1.61 bits per heavy atom. The third-order valence-corrected chi connectivity index (χ3v) is 2.55. The van der Waals surface area contributed by atoms with E-state index >= 15 is 0 Å². The van der Waals surface area contributed by atoms with Gasteiger partial charge in [0, 0.05) is 11.4 Å². The Balaban J connectivity index is 2.18. The van der Waals surface area contributed by atoms with E-state index in [1.807, 2.05) is 6.92 Å². The number of hydrogen-bond donors (Lipinski definition) is 2. The molecule has 2 rings (SSSR count). The van der Waals surface area contributed by atoms with Crippen molar-refractivity contribution in [2.75, 3.05) is 11.5 Å². The molecule has 2 aromatic rings. The highest BCUT2D eigenvalue weighted by molar-refractivity contribution is 5.91. The minimum absolute atomic E-state index is 0.414. The molecule has 0 atom stereocenters. The number of carbonyl (C=O) groups excluding carboxylic acids is 1. The number of rotatable bonds is 2. The Kier molecular flexibility index (Phi) is 3.19. The highest BCUT2D eigenvalue weighted by Gasteiger charge is 2.09. The molecular weight excluding hydrogens is 228 g/mol. The molecule has 4 nitrogen and oxygen atoms in total. The molecule has 4 heteroatoms. The molecule has 4 N–H and O–H groups in total. The number of ether oxygens (including phenoxy) is 1. The van der Waals surface area contributed by atoms with Crippen molar-refractivity contribution in [3.05, 3.63) is 53.6 Å². The maximum atomic E-state index is 11.9. The Hall–Kier alpha value is -2.49. The summed E-state index contributed by atoms with van der Waals surface area (Å²) >= 11 is 0. The maximum absolute atomic E-state index is 11.9. The smallest absolute Gasteiger partial charge is 0.343 e. The van der Waals surface area contributed by atoms with Crippen LogP contribution < -0.4 is 16.2 Å². The van der Waals surface area contributed by atoms with Gasteiger partial charge < -0.3 is 16.2 Å². The SMILES string of the molecule is Cc1cc(N)ccc1OC(=O)c1ccc(N)cc1. The first-order chi connectivity index (χ1) is 8.56. The molecule has 92 valence electrons. The molecule has 0 saturated carbocycles. The zero-order chi connectivity index (χ0) is 13.1. The zero-order valence-corrected chi connectivity index (χ0v) is 10.0. The lowest BCUT2D eigenvalue weighted by atomic mass is 10.2. The summed E-state index contributed by atoms with van der Waals surface area (Å²) in [5.74, 6) is 0.0916. The second-order valence-corrected chi connectivity index (χ2v) is 4.04. The molecule has 0 spiro atoms. The van der Waals surface area contributed by atoms with Crippen LogP contribution in [0.5, 0.6) is 5.75 Å². The number of aryl methyl sites for hydroxylation is 1. The number of benzene rings is 2. The van der Waals surface area contributed by atoms with Crippen LogP contribution in [0.25, 0.3) is 0 Å². The first-order valence-electron chi connectivity index (χ1n) is 5.50. The normalized spacial score (nSPS) is 10.1. The van der Waals surface area contributed by atoms with Crippen LogP contribution in [0.1, 0.15) is 15.9 Å². The molecule has 0 saturated heterocycles. The summed E-state index contributed by atoms with van der Waals surface area (Å²) in [6, 6.07) is 11.7. The van der Waals surface area contributed by atoms with Gasteiger partial charge in [0.05, 0.1) is 5.56 Å². The summed E-state index contributed by atoms with van der Waals surface area (Å²) < 4.78 is 5.29. The fourth-order valence-electron chi connectivity index (χ4n) is 1.57. The fraction of sp³-hybridized carbons (Fsp3) is 0.0714. The van der Waals surface area contributed by atoms with Crippen LogP contribution in [0.2, 0.25) is 0 Å². The second-order valence-electron chi connectivity index (χ2n) is 4.04. The van der Waals surface area contributed by atoms with Crippen LogP contribution >= 0.6 is 0 Å². The van der Waals surface area contributed by atoms with Crippen LogP contribution in [0.3, 0.4) is 0 Å². The van der Waals surface area contributed by atoms with Crippen molar-refractivity contribution in [1.29, 1.82) is 0 Å². The molecule has 0 aliphatic rings. The fourth-order valence-corrected chi connectivity index (χ4v) is 1.57. The van der Waals surface area contributed by atoms with Gasteiger partial charge in [-0.3, -0.25) is 0 Å². The summed E-state index contributed by atoms with van der Waals surface area (Å²) in [6.07, 6.45) is 0. The van der Waals surface area contributed by atoms with Gasteiger partial charge in [-0.15, -0.1) is 0 Å². The van der Waals surface area contributed by atoms with E-state index in [9.17, 15) is 4.79 Å². The minimum Gasteiger partial charge on any atom is -0.423 e. The van der Waals surface area contributed by atoms with Crippen molar-refractivity contribution in [3.63, 3.8) is 0 Å². The van der Waals surface area contributed by atoms with Gasteiger partial charge in [0.25, 0.3) is 0 Å². The quantitative estimate of drug-likeness (QED) is 0.481. The highest BCUT2D eigenvalue weighted by atomic mass is 16.5. The molecule has 0 aliphatic heterocycles. The lowest BCUT2D eigenvalue weighted by Crippen LogP contribution is -2.09. The van der Waals surface area contributed by atoms with Gasteiger partial charge in [-0.2, -0.15) is 0 Å². The topological polar surface area (TPSA) is 78.3 Å². The summed E-state index contributed by atoms with van der Waals surface area (Å²) in [6.45, 7) is 1.84. The first-order valence-corrected chi connectivity index (χ1v) is 5.50. The molecule has 18 heavy (non-hydrogen) atoms. The molecule has 2 aromatic carbocycles. The minimum atomic E-state index is -0.414. The summed E-state index contributed by atoms with van der Waals surface area (Å²) in [7, 11) is 0. The molecule has 0 aromatic heterocycles. The van der Waals surface area contributed by atoms with Crippen molar-refractivity contribution < 1.29 is 9.53 Å².